The van der Waals surface area contributed by atoms with Crippen molar-refractivity contribution in [3.8, 4) is 11.5 Å². The lowest BCUT2D eigenvalue weighted by atomic mass is 9.75. The van der Waals surface area contributed by atoms with Gasteiger partial charge in [-0.25, -0.2) is 8.42 Å². The average molecular weight is 624 g/mol. The van der Waals surface area contributed by atoms with Gasteiger partial charge in [0.25, 0.3) is 0 Å². The fraction of sp³-hybridized carbons (Fsp3) is 0.333. The van der Waals surface area contributed by atoms with Crippen LogP contribution in [0.1, 0.15) is 87.8 Å². The molecule has 0 aliphatic heterocycles. The summed E-state index contributed by atoms with van der Waals surface area (Å²) >= 11 is 12.6. The first-order valence-electron chi connectivity index (χ1n) is 14.2. The summed E-state index contributed by atoms with van der Waals surface area (Å²) < 4.78 is 33.0. The van der Waals surface area contributed by atoms with Crippen molar-refractivity contribution in [1.29, 1.82) is 0 Å². The molecule has 0 heterocycles. The normalized spacial score (nSPS) is 12.5. The molecule has 6 heteroatoms. The van der Waals surface area contributed by atoms with Crippen LogP contribution >= 0.6 is 23.2 Å². The molecule has 0 radical (unpaired) electrons. The van der Waals surface area contributed by atoms with E-state index in [9.17, 15) is 8.42 Å². The lowest BCUT2D eigenvalue weighted by molar-refractivity contribution is 0.480. The second-order valence-electron chi connectivity index (χ2n) is 12.6. The van der Waals surface area contributed by atoms with E-state index in [1.807, 2.05) is 24.3 Å². The van der Waals surface area contributed by atoms with Gasteiger partial charge in [0.2, 0.25) is 9.84 Å². The monoisotopic (exact) mass is 622 g/mol. The second-order valence-corrected chi connectivity index (χ2v) is 15.1. The number of rotatable bonds is 9. The van der Waals surface area contributed by atoms with E-state index in [0.717, 1.165) is 16.7 Å². The van der Waals surface area contributed by atoms with Gasteiger partial charge in [0, 0.05) is 17.2 Å². The molecular weight excluding hydrogens is 583 g/mol. The maximum Gasteiger partial charge on any atom is 0.206 e. The van der Waals surface area contributed by atoms with Crippen LogP contribution in [0.4, 0.5) is 0 Å². The Labute approximate surface area is 261 Å². The van der Waals surface area contributed by atoms with Crippen molar-refractivity contribution >= 4 is 33.0 Å². The molecule has 4 rings (SSSR count). The van der Waals surface area contributed by atoms with Crippen molar-refractivity contribution in [3.05, 3.63) is 118 Å². The van der Waals surface area contributed by atoms with Crippen molar-refractivity contribution in [3.63, 3.8) is 0 Å². The Morgan fingerprint density at radius 2 is 1.26 bits per heavy atom. The molecule has 0 amide bonds. The van der Waals surface area contributed by atoms with Gasteiger partial charge in [-0.1, -0.05) is 90.9 Å². The Kier molecular flexibility index (Phi) is 9.52. The molecule has 0 unspecified atom stereocenters. The van der Waals surface area contributed by atoms with Crippen molar-refractivity contribution in [1.82, 2.24) is 0 Å². The van der Waals surface area contributed by atoms with E-state index in [-0.39, 0.29) is 26.5 Å². The molecule has 0 saturated carbocycles. The van der Waals surface area contributed by atoms with E-state index in [1.165, 1.54) is 11.1 Å². The zero-order valence-corrected chi connectivity index (χ0v) is 27.8. The minimum atomic E-state index is -3.73. The SMILES string of the molecule is CC(C)c1ccc(S(=O)(=O)c2ccc(Oc3ccc(C(C)(C)c4ccc(C(C)(C)C)c(CCl)c4)cc3)cc2CCl)cc1. The van der Waals surface area contributed by atoms with E-state index in [4.69, 9.17) is 27.9 Å². The minimum absolute atomic E-state index is 0.0245. The van der Waals surface area contributed by atoms with Gasteiger partial charge in [-0.05, 0) is 87.2 Å². The molecule has 0 saturated heterocycles. The quantitative estimate of drug-likeness (QED) is 0.174. The molecule has 42 heavy (non-hydrogen) atoms. The van der Waals surface area contributed by atoms with Crippen LogP contribution in [0.3, 0.4) is 0 Å². The van der Waals surface area contributed by atoms with Gasteiger partial charge in [-0.15, -0.1) is 23.2 Å². The van der Waals surface area contributed by atoms with Gasteiger partial charge in [0.1, 0.15) is 11.5 Å². The van der Waals surface area contributed by atoms with Crippen LogP contribution in [0, 0.1) is 0 Å². The summed E-state index contributed by atoms with van der Waals surface area (Å²) in [6.07, 6.45) is 0. The second kappa shape index (κ2) is 12.4. The molecule has 0 bridgehead atoms. The van der Waals surface area contributed by atoms with Gasteiger partial charge in [0.05, 0.1) is 9.79 Å². The number of hydrogen-bond donors (Lipinski definition) is 0. The summed E-state index contributed by atoms with van der Waals surface area (Å²) in [6, 6.07) is 26.6. The number of halogens is 2. The van der Waals surface area contributed by atoms with Crippen molar-refractivity contribution in [2.24, 2.45) is 0 Å². The van der Waals surface area contributed by atoms with Crippen LogP contribution in [0.5, 0.6) is 11.5 Å². The Balaban J connectivity index is 1.56. The number of sulfone groups is 1. The Hall–Kier alpha value is -2.79. The third-order valence-corrected chi connectivity index (χ3v) is 10.4. The average Bonchev–Trinajstić information content (AvgIpc) is 2.96. The highest BCUT2D eigenvalue weighted by Gasteiger charge is 2.26. The van der Waals surface area contributed by atoms with Crippen molar-refractivity contribution in [2.45, 2.75) is 86.8 Å². The highest BCUT2D eigenvalue weighted by molar-refractivity contribution is 7.91. The Morgan fingerprint density at radius 1 is 0.690 bits per heavy atom. The fourth-order valence-electron chi connectivity index (χ4n) is 5.21. The van der Waals surface area contributed by atoms with Crippen LogP contribution in [-0.2, 0) is 32.4 Å². The van der Waals surface area contributed by atoms with Gasteiger partial charge >= 0.3 is 0 Å². The maximum absolute atomic E-state index is 13.4. The molecular formula is C36H40Cl2O3S. The molecule has 0 aliphatic carbocycles. The molecule has 0 N–H and O–H groups in total. The van der Waals surface area contributed by atoms with Crippen LogP contribution in [0.25, 0.3) is 0 Å². The molecule has 0 aliphatic rings. The number of hydrogen-bond acceptors (Lipinski definition) is 3. The first-order valence-corrected chi connectivity index (χ1v) is 16.8. The van der Waals surface area contributed by atoms with Crippen molar-refractivity contribution < 1.29 is 13.2 Å². The molecule has 0 atom stereocenters. The van der Waals surface area contributed by atoms with Gasteiger partial charge in [0.15, 0.2) is 0 Å². The summed E-state index contributed by atoms with van der Waals surface area (Å²) in [5.74, 6) is 2.01. The molecule has 3 nitrogen and oxygen atoms in total. The lowest BCUT2D eigenvalue weighted by Crippen LogP contribution is -2.21. The molecule has 222 valence electrons. The first kappa shape index (κ1) is 32.1. The first-order chi connectivity index (χ1) is 19.7. The number of ether oxygens (including phenoxy) is 1. The van der Waals surface area contributed by atoms with E-state index in [2.05, 4.69) is 78.8 Å². The standard InChI is InChI=1S/C36H40Cl2O3S/c1-24(2)25-8-16-32(17-9-25)42(39,40)34-19-15-31(21-27(34)23-38)41-30-13-10-28(11-14-30)36(6,7)29-12-18-33(35(3,4)5)26(20-29)22-37/h8-21,24H,22-23H2,1-7H3. The van der Waals surface area contributed by atoms with Gasteiger partial charge < -0.3 is 4.74 Å². The molecule has 0 spiro atoms. The van der Waals surface area contributed by atoms with Crippen LogP contribution in [-0.4, -0.2) is 8.42 Å². The maximum atomic E-state index is 13.4. The summed E-state index contributed by atoms with van der Waals surface area (Å²) in [5.41, 5.74) is 6.12. The molecule has 0 aromatic heterocycles. The smallest absolute Gasteiger partial charge is 0.206 e. The predicted octanol–water partition coefficient (Wildman–Crippen LogP) is 10.5. The van der Waals surface area contributed by atoms with E-state index >= 15 is 0 Å². The highest BCUT2D eigenvalue weighted by atomic mass is 35.5. The van der Waals surface area contributed by atoms with Crippen LogP contribution < -0.4 is 4.74 Å². The van der Waals surface area contributed by atoms with Gasteiger partial charge in [-0.3, -0.25) is 0 Å². The largest absolute Gasteiger partial charge is 0.457 e. The van der Waals surface area contributed by atoms with Crippen LogP contribution in [0.2, 0.25) is 0 Å². The van der Waals surface area contributed by atoms with E-state index < -0.39 is 9.84 Å². The topological polar surface area (TPSA) is 43.4 Å². The Morgan fingerprint density at radius 3 is 1.81 bits per heavy atom. The number of alkyl halides is 2. The summed E-state index contributed by atoms with van der Waals surface area (Å²) in [6.45, 7) is 15.2. The lowest BCUT2D eigenvalue weighted by Gasteiger charge is -2.29. The summed E-state index contributed by atoms with van der Waals surface area (Å²) in [4.78, 5) is 0.435. The zero-order chi connectivity index (χ0) is 30.9. The number of benzene rings is 4. The summed E-state index contributed by atoms with van der Waals surface area (Å²) in [5, 5.41) is 0. The third kappa shape index (κ3) is 6.72. The van der Waals surface area contributed by atoms with E-state index in [1.54, 1.807) is 30.3 Å². The molecule has 0 fully saturated rings. The highest BCUT2D eigenvalue weighted by Crippen LogP contribution is 2.37. The van der Waals surface area contributed by atoms with Crippen molar-refractivity contribution in [2.75, 3.05) is 0 Å². The Bertz CT molecular complexity index is 1650. The fourth-order valence-corrected chi connectivity index (χ4v) is 7.21. The predicted molar refractivity (Wildman–Crippen MR) is 175 cm³/mol. The molecule has 4 aromatic carbocycles. The van der Waals surface area contributed by atoms with Crippen LogP contribution in [0.15, 0.2) is 94.7 Å². The van der Waals surface area contributed by atoms with Gasteiger partial charge in [-0.2, -0.15) is 0 Å². The van der Waals surface area contributed by atoms with E-state index in [0.29, 0.717) is 28.9 Å². The molecule has 4 aromatic rings. The summed E-state index contributed by atoms with van der Waals surface area (Å²) in [7, 11) is -3.73. The minimum Gasteiger partial charge on any atom is -0.457 e. The zero-order valence-electron chi connectivity index (χ0n) is 25.5. The third-order valence-electron chi connectivity index (χ3n) is 7.91.